The maximum Gasteiger partial charge on any atom is 0.254 e. The average molecular weight is 343 g/mol. The van der Waals surface area contributed by atoms with Gasteiger partial charge in [-0.15, -0.1) is 0 Å². The predicted octanol–water partition coefficient (Wildman–Crippen LogP) is 3.47. The van der Waals surface area contributed by atoms with Crippen LogP contribution in [-0.4, -0.2) is 47.3 Å². The van der Waals surface area contributed by atoms with E-state index in [-0.39, 0.29) is 17.9 Å². The molecule has 120 valence electrons. The van der Waals surface area contributed by atoms with Crippen LogP contribution in [0, 0.1) is 0 Å². The van der Waals surface area contributed by atoms with E-state index in [1.54, 1.807) is 28.0 Å². The number of rotatable bonds is 4. The molecule has 2 amide bonds. The minimum atomic E-state index is -0.373. The second-order valence-electron chi connectivity index (χ2n) is 5.30. The van der Waals surface area contributed by atoms with E-state index in [9.17, 15) is 9.59 Å². The summed E-state index contributed by atoms with van der Waals surface area (Å²) in [5.41, 5.74) is 0.466. The molecule has 0 bridgehead atoms. The molecule has 0 radical (unpaired) electrons. The maximum absolute atomic E-state index is 12.7. The Bertz CT molecular complexity index is 573. The van der Waals surface area contributed by atoms with E-state index in [4.69, 9.17) is 23.2 Å². The Labute approximate surface area is 141 Å². The summed E-state index contributed by atoms with van der Waals surface area (Å²) in [6.07, 6.45) is 1.55. The molecule has 1 fully saturated rings. The summed E-state index contributed by atoms with van der Waals surface area (Å²) in [4.78, 5) is 28.7. The van der Waals surface area contributed by atoms with Crippen LogP contribution < -0.4 is 0 Å². The largest absolute Gasteiger partial charge is 0.341 e. The topological polar surface area (TPSA) is 40.6 Å². The highest BCUT2D eigenvalue weighted by molar-refractivity contribution is 6.42. The molecule has 1 aliphatic rings. The first-order valence-corrected chi connectivity index (χ1v) is 8.30. The Morgan fingerprint density at radius 2 is 1.91 bits per heavy atom. The zero-order valence-corrected chi connectivity index (χ0v) is 14.3. The number of benzene rings is 1. The Morgan fingerprint density at radius 1 is 1.23 bits per heavy atom. The van der Waals surface area contributed by atoms with Crippen molar-refractivity contribution in [3.8, 4) is 0 Å². The van der Waals surface area contributed by atoms with Crippen LogP contribution in [0.1, 0.15) is 37.0 Å². The maximum atomic E-state index is 12.7. The molecule has 1 unspecified atom stereocenters. The van der Waals surface area contributed by atoms with Gasteiger partial charge in [0.05, 0.1) is 10.0 Å². The van der Waals surface area contributed by atoms with E-state index in [1.807, 2.05) is 13.8 Å². The molecule has 0 aromatic heterocycles. The number of carbonyl (C=O) groups excluding carboxylic acids is 2. The standard InChI is InChI=1S/C16H20Cl2N2O2/c1-3-19(4-2)16(22)14-6-5-9-20(14)15(21)11-7-8-12(17)13(18)10-11/h7-8,10,14H,3-6,9H2,1-2H3. The molecule has 2 rings (SSSR count). The molecule has 0 aliphatic carbocycles. The van der Waals surface area contributed by atoms with Gasteiger partial charge in [0.2, 0.25) is 5.91 Å². The highest BCUT2D eigenvalue weighted by Crippen LogP contribution is 2.26. The lowest BCUT2D eigenvalue weighted by Gasteiger charge is -2.29. The van der Waals surface area contributed by atoms with Crippen molar-refractivity contribution in [2.45, 2.75) is 32.7 Å². The van der Waals surface area contributed by atoms with E-state index in [1.165, 1.54) is 0 Å². The van der Waals surface area contributed by atoms with Crippen LogP contribution in [0.15, 0.2) is 18.2 Å². The van der Waals surface area contributed by atoms with E-state index in [0.717, 1.165) is 6.42 Å². The van der Waals surface area contributed by atoms with Crippen molar-refractivity contribution >= 4 is 35.0 Å². The molecule has 6 heteroatoms. The quantitative estimate of drug-likeness (QED) is 0.840. The summed E-state index contributed by atoms with van der Waals surface area (Å²) < 4.78 is 0. The predicted molar refractivity (Wildman–Crippen MR) is 88.4 cm³/mol. The lowest BCUT2D eigenvalue weighted by molar-refractivity contribution is -0.134. The van der Waals surface area contributed by atoms with Gasteiger partial charge in [-0.25, -0.2) is 0 Å². The Hall–Kier alpha value is -1.26. The third-order valence-corrected chi connectivity index (χ3v) is 4.78. The van der Waals surface area contributed by atoms with Gasteiger partial charge in [0.15, 0.2) is 0 Å². The van der Waals surface area contributed by atoms with Crippen LogP contribution in [0.25, 0.3) is 0 Å². The SMILES string of the molecule is CCN(CC)C(=O)C1CCCN1C(=O)c1ccc(Cl)c(Cl)c1. The van der Waals surface area contributed by atoms with Crippen molar-refractivity contribution in [3.63, 3.8) is 0 Å². The van der Waals surface area contributed by atoms with Gasteiger partial charge >= 0.3 is 0 Å². The molecule has 0 spiro atoms. The Morgan fingerprint density at radius 3 is 2.50 bits per heavy atom. The molecule has 4 nitrogen and oxygen atoms in total. The van der Waals surface area contributed by atoms with Gasteiger partial charge in [0.1, 0.15) is 6.04 Å². The first-order valence-electron chi connectivity index (χ1n) is 7.54. The van der Waals surface area contributed by atoms with Crippen LogP contribution in [0.2, 0.25) is 10.0 Å². The van der Waals surface area contributed by atoms with Crippen LogP contribution in [0.4, 0.5) is 0 Å². The summed E-state index contributed by atoms with van der Waals surface area (Å²) in [6.45, 7) is 5.79. The van der Waals surface area contributed by atoms with Gasteiger partial charge in [-0.3, -0.25) is 9.59 Å². The zero-order valence-electron chi connectivity index (χ0n) is 12.8. The van der Waals surface area contributed by atoms with Crippen LogP contribution in [0.5, 0.6) is 0 Å². The fraction of sp³-hybridized carbons (Fsp3) is 0.500. The Balaban J connectivity index is 2.20. The third kappa shape index (κ3) is 3.39. The summed E-state index contributed by atoms with van der Waals surface area (Å²) in [6, 6.07) is 4.44. The van der Waals surface area contributed by atoms with Crippen molar-refractivity contribution in [1.82, 2.24) is 9.80 Å². The number of likely N-dealkylation sites (tertiary alicyclic amines) is 1. The molecule has 1 saturated heterocycles. The highest BCUT2D eigenvalue weighted by Gasteiger charge is 2.36. The summed E-state index contributed by atoms with van der Waals surface area (Å²) >= 11 is 11.9. The Kier molecular flexibility index (Phi) is 5.70. The third-order valence-electron chi connectivity index (χ3n) is 4.04. The normalized spacial score (nSPS) is 17.6. The fourth-order valence-electron chi connectivity index (χ4n) is 2.81. The summed E-state index contributed by atoms with van der Waals surface area (Å²) in [5.74, 6) is -0.141. The number of halogens is 2. The van der Waals surface area contributed by atoms with Crippen molar-refractivity contribution in [1.29, 1.82) is 0 Å². The molecule has 1 aromatic rings. The number of nitrogens with zero attached hydrogens (tertiary/aromatic N) is 2. The number of amides is 2. The van der Waals surface area contributed by atoms with Crippen molar-refractivity contribution < 1.29 is 9.59 Å². The highest BCUT2D eigenvalue weighted by atomic mass is 35.5. The van der Waals surface area contributed by atoms with Gasteiger partial charge in [0.25, 0.3) is 5.91 Å². The summed E-state index contributed by atoms with van der Waals surface area (Å²) in [5, 5.41) is 0.758. The first-order chi connectivity index (χ1) is 10.5. The number of likely N-dealkylation sites (N-methyl/N-ethyl adjacent to an activating group) is 1. The second kappa shape index (κ2) is 7.34. The van der Waals surface area contributed by atoms with Gasteiger partial charge < -0.3 is 9.80 Å². The molecule has 0 N–H and O–H groups in total. The van der Waals surface area contributed by atoms with E-state index in [2.05, 4.69) is 0 Å². The lowest BCUT2D eigenvalue weighted by atomic mass is 10.1. The van der Waals surface area contributed by atoms with Crippen LogP contribution in [-0.2, 0) is 4.79 Å². The number of carbonyl (C=O) groups is 2. The minimum absolute atomic E-state index is 0.0240. The minimum Gasteiger partial charge on any atom is -0.341 e. The van der Waals surface area contributed by atoms with Crippen LogP contribution >= 0.6 is 23.2 Å². The molecule has 1 aromatic carbocycles. The molecule has 1 heterocycles. The molecular weight excluding hydrogens is 323 g/mol. The monoisotopic (exact) mass is 342 g/mol. The van der Waals surface area contributed by atoms with E-state index >= 15 is 0 Å². The molecular formula is C16H20Cl2N2O2. The van der Waals surface area contributed by atoms with Gasteiger partial charge in [-0.1, -0.05) is 23.2 Å². The average Bonchev–Trinajstić information content (AvgIpc) is 2.99. The smallest absolute Gasteiger partial charge is 0.254 e. The van der Waals surface area contributed by atoms with E-state index in [0.29, 0.717) is 41.7 Å². The first kappa shape index (κ1) is 17.1. The van der Waals surface area contributed by atoms with E-state index < -0.39 is 0 Å². The van der Waals surface area contributed by atoms with Gasteiger partial charge in [0, 0.05) is 25.2 Å². The fourth-order valence-corrected chi connectivity index (χ4v) is 3.11. The molecule has 1 aliphatic heterocycles. The zero-order chi connectivity index (χ0) is 16.3. The van der Waals surface area contributed by atoms with Gasteiger partial charge in [-0.2, -0.15) is 0 Å². The number of hydrogen-bond donors (Lipinski definition) is 0. The lowest BCUT2D eigenvalue weighted by Crippen LogP contribution is -2.47. The van der Waals surface area contributed by atoms with Crippen molar-refractivity contribution in [2.24, 2.45) is 0 Å². The molecule has 1 atom stereocenters. The second-order valence-corrected chi connectivity index (χ2v) is 6.11. The van der Waals surface area contributed by atoms with Crippen molar-refractivity contribution in [3.05, 3.63) is 33.8 Å². The summed E-state index contributed by atoms with van der Waals surface area (Å²) in [7, 11) is 0. The van der Waals surface area contributed by atoms with Crippen LogP contribution in [0.3, 0.4) is 0 Å². The molecule has 22 heavy (non-hydrogen) atoms. The van der Waals surface area contributed by atoms with Crippen molar-refractivity contribution in [2.75, 3.05) is 19.6 Å². The van der Waals surface area contributed by atoms with Gasteiger partial charge in [-0.05, 0) is 44.9 Å². The number of hydrogen-bond acceptors (Lipinski definition) is 2. The molecule has 0 saturated carbocycles.